The van der Waals surface area contributed by atoms with Gasteiger partial charge in [-0.2, -0.15) is 0 Å². The molecular weight excluding hydrogens is 536 g/mol. The van der Waals surface area contributed by atoms with Gasteiger partial charge in [0.2, 0.25) is 11.8 Å². The van der Waals surface area contributed by atoms with Crippen molar-refractivity contribution >= 4 is 29.1 Å². The Morgan fingerprint density at radius 3 is 2.52 bits per heavy atom. The second kappa shape index (κ2) is 14.2. The summed E-state index contributed by atoms with van der Waals surface area (Å²) in [5.74, 6) is 0.400. The maximum Gasteiger partial charge on any atom is 0.270 e. The molecule has 0 bridgehead atoms. The number of carbonyl (C=O) groups excluding carboxylic acids is 3. The van der Waals surface area contributed by atoms with Gasteiger partial charge in [0, 0.05) is 64.8 Å². The van der Waals surface area contributed by atoms with Crippen LogP contribution < -0.4 is 25.2 Å². The van der Waals surface area contributed by atoms with Crippen LogP contribution in [0.1, 0.15) is 66.2 Å². The minimum atomic E-state index is -0.977. The van der Waals surface area contributed by atoms with Gasteiger partial charge in [0.25, 0.3) is 5.91 Å². The molecule has 1 aliphatic carbocycles. The third-order valence-corrected chi connectivity index (χ3v) is 8.36. The molecule has 2 heterocycles. The Labute approximate surface area is 250 Å². The van der Waals surface area contributed by atoms with Crippen LogP contribution in [-0.4, -0.2) is 82.5 Å². The van der Waals surface area contributed by atoms with E-state index in [0.717, 1.165) is 31.4 Å². The smallest absolute Gasteiger partial charge is 0.270 e. The molecule has 1 saturated heterocycles. The van der Waals surface area contributed by atoms with Gasteiger partial charge in [-0.05, 0) is 76.5 Å². The molecule has 42 heavy (non-hydrogen) atoms. The lowest BCUT2D eigenvalue weighted by Crippen LogP contribution is -2.53. The number of nitrogens with one attached hydrogen (secondary N) is 2. The molecule has 2 aliphatic heterocycles. The standard InChI is InChI=1S/C32H50N4O6/c1-21(2)16-24(12-15-41-6)34-29(37)22-17-23(20-33-19-22)30(38)36(25-8-9-25)26-10-11-28-27(18-26)35(13-7-14-40-5)31(39)32(3,4)42-28/h10-11,18,21-25,33H,7-9,12-17,19-20H2,1-6H3,(H,34,37)/t22-,23+,24+/m0/s1. The first-order valence-electron chi connectivity index (χ1n) is 15.5. The van der Waals surface area contributed by atoms with Crippen LogP contribution in [0.5, 0.6) is 5.75 Å². The highest BCUT2D eigenvalue weighted by Crippen LogP contribution is 2.43. The van der Waals surface area contributed by atoms with Crippen LogP contribution in [0, 0.1) is 17.8 Å². The lowest BCUT2D eigenvalue weighted by molar-refractivity contribution is -0.132. The van der Waals surface area contributed by atoms with Gasteiger partial charge in [0.1, 0.15) is 5.75 Å². The van der Waals surface area contributed by atoms with E-state index in [1.54, 1.807) is 33.0 Å². The zero-order valence-corrected chi connectivity index (χ0v) is 26.2. The van der Waals surface area contributed by atoms with Gasteiger partial charge in [0.15, 0.2) is 5.60 Å². The van der Waals surface area contributed by atoms with Crippen LogP contribution in [-0.2, 0) is 23.9 Å². The molecule has 1 aromatic carbocycles. The summed E-state index contributed by atoms with van der Waals surface area (Å²) in [5.41, 5.74) is 0.462. The van der Waals surface area contributed by atoms with E-state index >= 15 is 0 Å². The van der Waals surface area contributed by atoms with Crippen LogP contribution in [0.2, 0.25) is 0 Å². The van der Waals surface area contributed by atoms with E-state index < -0.39 is 5.60 Å². The Bertz CT molecular complexity index is 1100. The molecule has 1 aromatic rings. The largest absolute Gasteiger partial charge is 0.476 e. The Morgan fingerprint density at radius 1 is 1.14 bits per heavy atom. The van der Waals surface area contributed by atoms with Gasteiger partial charge in [-0.1, -0.05) is 13.8 Å². The van der Waals surface area contributed by atoms with Crippen molar-refractivity contribution in [2.75, 3.05) is 56.9 Å². The summed E-state index contributed by atoms with van der Waals surface area (Å²) in [4.78, 5) is 44.4. The number of methoxy groups -OCH3 is 2. The van der Waals surface area contributed by atoms with Crippen LogP contribution in [0.3, 0.4) is 0 Å². The number of nitrogens with zero attached hydrogens (tertiary/aromatic N) is 2. The molecule has 0 radical (unpaired) electrons. The van der Waals surface area contributed by atoms with Crippen molar-refractivity contribution in [2.45, 2.75) is 83.9 Å². The molecule has 10 heteroatoms. The molecule has 3 aliphatic rings. The number of ether oxygens (including phenoxy) is 3. The van der Waals surface area contributed by atoms with E-state index in [1.165, 1.54) is 0 Å². The van der Waals surface area contributed by atoms with Gasteiger partial charge in [-0.15, -0.1) is 0 Å². The highest BCUT2D eigenvalue weighted by molar-refractivity contribution is 6.04. The second-order valence-electron chi connectivity index (χ2n) is 12.9. The van der Waals surface area contributed by atoms with Gasteiger partial charge >= 0.3 is 0 Å². The normalized spacial score (nSPS) is 22.4. The Morgan fingerprint density at radius 2 is 1.86 bits per heavy atom. The summed E-state index contributed by atoms with van der Waals surface area (Å²) in [6.07, 6.45) is 4.71. The highest BCUT2D eigenvalue weighted by Gasteiger charge is 2.43. The number of benzene rings is 1. The fourth-order valence-electron chi connectivity index (χ4n) is 6.07. The van der Waals surface area contributed by atoms with E-state index in [-0.39, 0.29) is 41.6 Å². The maximum atomic E-state index is 14.1. The van der Waals surface area contributed by atoms with E-state index in [9.17, 15) is 14.4 Å². The molecular formula is C32H50N4O6. The van der Waals surface area contributed by atoms with Crippen molar-refractivity contribution in [2.24, 2.45) is 17.8 Å². The van der Waals surface area contributed by atoms with Crippen molar-refractivity contribution < 1.29 is 28.6 Å². The number of hydrogen-bond acceptors (Lipinski definition) is 7. The monoisotopic (exact) mass is 586 g/mol. The lowest BCUT2D eigenvalue weighted by Gasteiger charge is -2.40. The zero-order valence-electron chi connectivity index (χ0n) is 26.2. The third-order valence-electron chi connectivity index (χ3n) is 8.36. The number of carbonyl (C=O) groups is 3. The third kappa shape index (κ3) is 7.82. The maximum absolute atomic E-state index is 14.1. The molecule has 234 valence electrons. The molecule has 3 amide bonds. The second-order valence-corrected chi connectivity index (χ2v) is 12.9. The first-order valence-corrected chi connectivity index (χ1v) is 15.5. The molecule has 4 rings (SSSR count). The van der Waals surface area contributed by atoms with Gasteiger partial charge in [-0.25, -0.2) is 0 Å². The molecule has 0 spiro atoms. The van der Waals surface area contributed by atoms with Crippen molar-refractivity contribution in [1.29, 1.82) is 0 Å². The van der Waals surface area contributed by atoms with E-state index in [4.69, 9.17) is 14.2 Å². The van der Waals surface area contributed by atoms with Crippen LogP contribution in [0.15, 0.2) is 18.2 Å². The summed E-state index contributed by atoms with van der Waals surface area (Å²) in [7, 11) is 3.32. The van der Waals surface area contributed by atoms with Crippen LogP contribution in [0.25, 0.3) is 0 Å². The summed E-state index contributed by atoms with van der Waals surface area (Å²) >= 11 is 0. The first kappa shape index (κ1) is 32.2. The summed E-state index contributed by atoms with van der Waals surface area (Å²) in [5, 5.41) is 6.59. The molecule has 10 nitrogen and oxygen atoms in total. The van der Waals surface area contributed by atoms with Gasteiger partial charge in [-0.3, -0.25) is 14.4 Å². The average molecular weight is 587 g/mol. The summed E-state index contributed by atoms with van der Waals surface area (Å²) < 4.78 is 16.6. The van der Waals surface area contributed by atoms with Gasteiger partial charge in [0.05, 0.1) is 17.5 Å². The molecule has 3 atom stereocenters. The SMILES string of the molecule is COCCCN1C(=O)C(C)(C)Oc2ccc(N(C(=O)[C@H]3CNC[C@@H](C(=O)N[C@H](CCOC)CC(C)C)C3)C3CC3)cc21. The number of rotatable bonds is 14. The van der Waals surface area contributed by atoms with Gasteiger partial charge < -0.3 is 34.6 Å². The average Bonchev–Trinajstić information content (AvgIpc) is 3.79. The molecule has 0 unspecified atom stereocenters. The summed E-state index contributed by atoms with van der Waals surface area (Å²) in [6.45, 7) is 10.6. The molecule has 2 fully saturated rings. The minimum absolute atomic E-state index is 0.00141. The van der Waals surface area contributed by atoms with Crippen LogP contribution in [0.4, 0.5) is 11.4 Å². The molecule has 2 N–H and O–H groups in total. The van der Waals surface area contributed by atoms with Crippen molar-refractivity contribution in [3.05, 3.63) is 18.2 Å². The number of amides is 3. The van der Waals surface area contributed by atoms with Crippen LogP contribution >= 0.6 is 0 Å². The Kier molecular flexibility index (Phi) is 10.9. The quantitative estimate of drug-likeness (QED) is 0.321. The number of fused-ring (bicyclic) bond motifs is 1. The predicted octanol–water partition coefficient (Wildman–Crippen LogP) is 3.52. The van der Waals surface area contributed by atoms with Crippen molar-refractivity contribution in [1.82, 2.24) is 10.6 Å². The van der Waals surface area contributed by atoms with E-state index in [2.05, 4.69) is 24.5 Å². The summed E-state index contributed by atoms with van der Waals surface area (Å²) in [6, 6.07) is 5.87. The highest BCUT2D eigenvalue weighted by atomic mass is 16.5. The first-order chi connectivity index (χ1) is 20.1. The fourth-order valence-corrected chi connectivity index (χ4v) is 6.07. The topological polar surface area (TPSA) is 109 Å². The minimum Gasteiger partial charge on any atom is -0.476 e. The molecule has 0 aromatic heterocycles. The Balaban J connectivity index is 1.51. The fraction of sp³-hybridized carbons (Fsp3) is 0.719. The number of piperidine rings is 1. The lowest BCUT2D eigenvalue weighted by atomic mass is 9.88. The Hall–Kier alpha value is -2.69. The number of hydrogen-bond donors (Lipinski definition) is 2. The van der Waals surface area contributed by atoms with Crippen molar-refractivity contribution in [3.8, 4) is 5.75 Å². The number of anilines is 2. The predicted molar refractivity (Wildman–Crippen MR) is 163 cm³/mol. The van der Waals surface area contributed by atoms with E-state index in [0.29, 0.717) is 63.0 Å². The molecule has 1 saturated carbocycles. The zero-order chi connectivity index (χ0) is 30.4. The van der Waals surface area contributed by atoms with Crippen molar-refractivity contribution in [3.63, 3.8) is 0 Å². The van der Waals surface area contributed by atoms with E-state index in [1.807, 2.05) is 23.1 Å².